The van der Waals surface area contributed by atoms with Crippen LogP contribution in [0.4, 0.5) is 0 Å². The minimum atomic E-state index is -0.158. The fourth-order valence-corrected chi connectivity index (χ4v) is 2.32. The van der Waals surface area contributed by atoms with Crippen molar-refractivity contribution in [3.63, 3.8) is 0 Å². The Morgan fingerprint density at radius 2 is 1.89 bits per heavy atom. The van der Waals surface area contributed by atoms with Crippen molar-refractivity contribution in [3.05, 3.63) is 23.8 Å². The van der Waals surface area contributed by atoms with Gasteiger partial charge in [0.1, 0.15) is 17.1 Å². The first kappa shape index (κ1) is 13.7. The summed E-state index contributed by atoms with van der Waals surface area (Å²) >= 11 is 0. The molecule has 2 N–H and O–H groups in total. The molecule has 1 saturated heterocycles. The Hall–Kier alpha value is -1.75. The maximum absolute atomic E-state index is 12.4. The zero-order valence-corrected chi connectivity index (χ0v) is 11.5. The highest BCUT2D eigenvalue weighted by Crippen LogP contribution is 2.28. The number of benzene rings is 1. The molecule has 2 atom stereocenters. The second kappa shape index (κ2) is 5.93. The highest BCUT2D eigenvalue weighted by Gasteiger charge is 2.27. The summed E-state index contributed by atoms with van der Waals surface area (Å²) in [7, 11) is 3.09. The lowest BCUT2D eigenvalue weighted by atomic mass is 10.1. The zero-order chi connectivity index (χ0) is 13.8. The van der Waals surface area contributed by atoms with Gasteiger partial charge in [-0.2, -0.15) is 0 Å². The third-order valence-electron chi connectivity index (χ3n) is 3.49. The van der Waals surface area contributed by atoms with E-state index in [9.17, 15) is 4.79 Å². The number of carbonyl (C=O) groups is 1. The van der Waals surface area contributed by atoms with Gasteiger partial charge in [-0.05, 0) is 24.6 Å². The van der Waals surface area contributed by atoms with Crippen LogP contribution in [0.3, 0.4) is 0 Å². The third kappa shape index (κ3) is 2.81. The minimum Gasteiger partial charge on any atom is -0.496 e. The van der Waals surface area contributed by atoms with Crippen molar-refractivity contribution in [3.8, 4) is 11.5 Å². The molecule has 0 aromatic heterocycles. The molecule has 1 amide bonds. The molecule has 5 heteroatoms. The van der Waals surface area contributed by atoms with Gasteiger partial charge in [-0.25, -0.2) is 0 Å². The SMILES string of the molecule is COc1cccc(OC)c1C(=O)NC1CNCC1C. The van der Waals surface area contributed by atoms with Crippen molar-refractivity contribution in [2.75, 3.05) is 27.3 Å². The molecule has 1 aromatic carbocycles. The number of amides is 1. The molecule has 104 valence electrons. The lowest BCUT2D eigenvalue weighted by Crippen LogP contribution is -2.39. The Balaban J connectivity index is 2.22. The standard InChI is InChI=1S/C14H20N2O3/c1-9-7-15-8-10(9)16-14(17)13-11(18-2)5-4-6-12(13)19-3/h4-6,9-10,15H,7-8H2,1-3H3,(H,16,17). The van der Waals surface area contributed by atoms with Crippen molar-refractivity contribution >= 4 is 5.91 Å². The van der Waals surface area contributed by atoms with Crippen LogP contribution in [0.2, 0.25) is 0 Å². The number of methoxy groups -OCH3 is 2. The number of rotatable bonds is 4. The molecule has 1 aliphatic heterocycles. The summed E-state index contributed by atoms with van der Waals surface area (Å²) in [6, 6.07) is 5.46. The zero-order valence-electron chi connectivity index (χ0n) is 11.5. The maximum atomic E-state index is 12.4. The fraction of sp³-hybridized carbons (Fsp3) is 0.500. The summed E-state index contributed by atoms with van der Waals surface area (Å²) in [6.45, 7) is 3.84. The van der Waals surface area contributed by atoms with Gasteiger partial charge in [0.25, 0.3) is 5.91 Å². The Morgan fingerprint density at radius 1 is 1.26 bits per heavy atom. The Labute approximate surface area is 113 Å². The monoisotopic (exact) mass is 264 g/mol. The van der Waals surface area contributed by atoms with Gasteiger partial charge in [-0.15, -0.1) is 0 Å². The van der Waals surface area contributed by atoms with E-state index in [2.05, 4.69) is 17.6 Å². The predicted octanol–water partition coefficient (Wildman–Crippen LogP) is 1.04. The largest absolute Gasteiger partial charge is 0.496 e. The molecule has 0 bridgehead atoms. The lowest BCUT2D eigenvalue weighted by molar-refractivity contribution is 0.0926. The summed E-state index contributed by atoms with van der Waals surface area (Å²) in [6.07, 6.45) is 0. The predicted molar refractivity (Wildman–Crippen MR) is 72.8 cm³/mol. The van der Waals surface area contributed by atoms with E-state index in [-0.39, 0.29) is 11.9 Å². The first-order valence-corrected chi connectivity index (χ1v) is 6.40. The van der Waals surface area contributed by atoms with Crippen LogP contribution in [0.1, 0.15) is 17.3 Å². The molecule has 1 fully saturated rings. The van der Waals surface area contributed by atoms with Gasteiger partial charge in [-0.3, -0.25) is 4.79 Å². The molecule has 1 aromatic rings. The van der Waals surface area contributed by atoms with E-state index in [1.165, 1.54) is 0 Å². The fourth-order valence-electron chi connectivity index (χ4n) is 2.32. The van der Waals surface area contributed by atoms with E-state index < -0.39 is 0 Å². The minimum absolute atomic E-state index is 0.141. The number of hydrogen-bond acceptors (Lipinski definition) is 4. The van der Waals surface area contributed by atoms with Crippen LogP contribution in [-0.4, -0.2) is 39.3 Å². The maximum Gasteiger partial charge on any atom is 0.259 e. The van der Waals surface area contributed by atoms with Gasteiger partial charge in [0, 0.05) is 12.6 Å². The average molecular weight is 264 g/mol. The van der Waals surface area contributed by atoms with Crippen LogP contribution in [0.15, 0.2) is 18.2 Å². The molecule has 1 heterocycles. The Bertz CT molecular complexity index is 440. The molecule has 0 aliphatic carbocycles. The van der Waals surface area contributed by atoms with Crippen molar-refractivity contribution in [1.82, 2.24) is 10.6 Å². The molecular formula is C14H20N2O3. The van der Waals surface area contributed by atoms with E-state index in [0.717, 1.165) is 13.1 Å². The molecule has 19 heavy (non-hydrogen) atoms. The smallest absolute Gasteiger partial charge is 0.259 e. The van der Waals surface area contributed by atoms with Gasteiger partial charge in [0.15, 0.2) is 0 Å². The lowest BCUT2D eigenvalue weighted by Gasteiger charge is -2.18. The molecule has 2 unspecified atom stereocenters. The van der Waals surface area contributed by atoms with Crippen LogP contribution < -0.4 is 20.1 Å². The van der Waals surface area contributed by atoms with E-state index in [1.54, 1.807) is 32.4 Å². The second-order valence-electron chi connectivity index (χ2n) is 4.75. The molecular weight excluding hydrogens is 244 g/mol. The highest BCUT2D eigenvalue weighted by molar-refractivity contribution is 5.99. The van der Waals surface area contributed by atoms with E-state index in [0.29, 0.717) is 23.0 Å². The van der Waals surface area contributed by atoms with Gasteiger partial charge in [-0.1, -0.05) is 13.0 Å². The number of hydrogen-bond donors (Lipinski definition) is 2. The van der Waals surface area contributed by atoms with E-state index in [4.69, 9.17) is 9.47 Å². The van der Waals surface area contributed by atoms with Crippen LogP contribution in [-0.2, 0) is 0 Å². The van der Waals surface area contributed by atoms with Gasteiger partial charge in [0.2, 0.25) is 0 Å². The van der Waals surface area contributed by atoms with Crippen molar-refractivity contribution < 1.29 is 14.3 Å². The van der Waals surface area contributed by atoms with Crippen molar-refractivity contribution in [2.24, 2.45) is 5.92 Å². The summed E-state index contributed by atoms with van der Waals surface area (Å²) in [5, 5.41) is 6.29. The topological polar surface area (TPSA) is 59.6 Å². The molecule has 2 rings (SSSR count). The summed E-state index contributed by atoms with van der Waals surface area (Å²) in [5.74, 6) is 1.31. The number of ether oxygens (including phenoxy) is 2. The van der Waals surface area contributed by atoms with Crippen LogP contribution in [0, 0.1) is 5.92 Å². The molecule has 0 spiro atoms. The number of carbonyl (C=O) groups excluding carboxylic acids is 1. The quantitative estimate of drug-likeness (QED) is 0.853. The average Bonchev–Trinajstić information content (AvgIpc) is 2.83. The Kier molecular flexibility index (Phi) is 4.27. The van der Waals surface area contributed by atoms with Gasteiger partial charge >= 0.3 is 0 Å². The summed E-state index contributed by atoms with van der Waals surface area (Å²) in [4.78, 5) is 12.4. The number of nitrogens with one attached hydrogen (secondary N) is 2. The molecule has 5 nitrogen and oxygen atoms in total. The summed E-state index contributed by atoms with van der Waals surface area (Å²) < 4.78 is 10.5. The third-order valence-corrected chi connectivity index (χ3v) is 3.49. The second-order valence-corrected chi connectivity index (χ2v) is 4.75. The van der Waals surface area contributed by atoms with Crippen LogP contribution in [0.5, 0.6) is 11.5 Å². The van der Waals surface area contributed by atoms with Crippen LogP contribution >= 0.6 is 0 Å². The molecule has 0 radical (unpaired) electrons. The first-order chi connectivity index (χ1) is 9.17. The van der Waals surface area contributed by atoms with Gasteiger partial charge in [0.05, 0.1) is 14.2 Å². The summed E-state index contributed by atoms with van der Waals surface area (Å²) in [5.41, 5.74) is 0.451. The Morgan fingerprint density at radius 3 is 2.37 bits per heavy atom. The molecule has 0 saturated carbocycles. The first-order valence-electron chi connectivity index (χ1n) is 6.40. The van der Waals surface area contributed by atoms with Crippen molar-refractivity contribution in [2.45, 2.75) is 13.0 Å². The van der Waals surface area contributed by atoms with E-state index >= 15 is 0 Å². The molecule has 1 aliphatic rings. The van der Waals surface area contributed by atoms with Gasteiger partial charge < -0.3 is 20.1 Å². The van der Waals surface area contributed by atoms with Crippen molar-refractivity contribution in [1.29, 1.82) is 0 Å². The normalized spacial score (nSPS) is 22.1. The highest BCUT2D eigenvalue weighted by atomic mass is 16.5. The van der Waals surface area contributed by atoms with Crippen LogP contribution in [0.25, 0.3) is 0 Å². The van der Waals surface area contributed by atoms with E-state index in [1.807, 2.05) is 0 Å².